The Hall–Kier alpha value is -1.12. The molecule has 1 aliphatic rings. The molecule has 1 atom stereocenters. The Morgan fingerprint density at radius 1 is 1.32 bits per heavy atom. The molecule has 0 radical (unpaired) electrons. The molecule has 0 aromatic heterocycles. The van der Waals surface area contributed by atoms with Crippen LogP contribution in [0.4, 0.5) is 4.39 Å². The minimum atomic E-state index is -0.825. The van der Waals surface area contributed by atoms with Crippen LogP contribution in [0.5, 0.6) is 5.75 Å². The number of phenols is 1. The summed E-state index contributed by atoms with van der Waals surface area (Å²) in [5.41, 5.74) is -1.01. The molecule has 0 spiro atoms. The van der Waals surface area contributed by atoms with Gasteiger partial charge in [-0.25, -0.2) is 4.39 Å². The van der Waals surface area contributed by atoms with E-state index in [9.17, 15) is 14.3 Å². The largest absolute Gasteiger partial charge is 0.505 e. The molecule has 1 fully saturated rings. The van der Waals surface area contributed by atoms with E-state index >= 15 is 0 Å². The van der Waals surface area contributed by atoms with Gasteiger partial charge in [-0.05, 0) is 52.3 Å². The Morgan fingerprint density at radius 3 is 2.40 bits per heavy atom. The van der Waals surface area contributed by atoms with Crippen molar-refractivity contribution >= 4 is 29.0 Å². The Bertz CT molecular complexity index is 649. The van der Waals surface area contributed by atoms with E-state index in [4.69, 9.17) is 14.0 Å². The van der Waals surface area contributed by atoms with Crippen LogP contribution in [0.3, 0.4) is 0 Å². The summed E-state index contributed by atoms with van der Waals surface area (Å²) < 4.78 is 31.5. The molecular weight excluding hydrogens is 394 g/mol. The van der Waals surface area contributed by atoms with Crippen LogP contribution in [0.1, 0.15) is 52.4 Å². The number of hydrogen-bond acceptors (Lipinski definition) is 5. The number of carbonyl (C=O) groups excluding carboxylic acids is 1. The van der Waals surface area contributed by atoms with Crippen LogP contribution in [0.2, 0.25) is 0 Å². The fourth-order valence-electron chi connectivity index (χ4n) is 2.67. The molecule has 0 bridgehead atoms. The lowest BCUT2D eigenvalue weighted by Gasteiger charge is -2.32. The van der Waals surface area contributed by atoms with Crippen LogP contribution in [0, 0.1) is 5.82 Å². The molecule has 1 unspecified atom stereocenters. The minimum absolute atomic E-state index is 0.103. The molecule has 1 heterocycles. The molecule has 0 aliphatic carbocycles. The van der Waals surface area contributed by atoms with Crippen LogP contribution in [0.25, 0.3) is 0 Å². The van der Waals surface area contributed by atoms with E-state index < -0.39 is 41.7 Å². The van der Waals surface area contributed by atoms with Gasteiger partial charge < -0.3 is 19.2 Å². The first kappa shape index (κ1) is 20.2. The number of ether oxygens (including phenoxy) is 1. The molecule has 1 saturated heterocycles. The van der Waals surface area contributed by atoms with Gasteiger partial charge in [0, 0.05) is 10.3 Å². The summed E-state index contributed by atoms with van der Waals surface area (Å²) in [6, 6.07) is 2.72. The average molecular weight is 417 g/mol. The third-order valence-electron chi connectivity index (χ3n) is 4.75. The highest BCUT2D eigenvalue weighted by Crippen LogP contribution is 2.44. The molecule has 5 nitrogen and oxygen atoms in total. The lowest BCUT2D eigenvalue weighted by atomic mass is 9.66. The maximum absolute atomic E-state index is 14.0. The fourth-order valence-corrected chi connectivity index (χ4v) is 3.12. The smallest absolute Gasteiger partial charge is 0.466 e. The number of halogens is 2. The van der Waals surface area contributed by atoms with Crippen molar-refractivity contribution in [2.24, 2.45) is 0 Å². The van der Waals surface area contributed by atoms with Gasteiger partial charge in [0.05, 0.1) is 24.2 Å². The molecule has 1 aromatic carbocycles. The van der Waals surface area contributed by atoms with Crippen LogP contribution < -0.4 is 0 Å². The topological polar surface area (TPSA) is 65.0 Å². The molecular formula is C17H23BBrFO5. The molecule has 25 heavy (non-hydrogen) atoms. The first-order chi connectivity index (χ1) is 11.5. The summed E-state index contributed by atoms with van der Waals surface area (Å²) in [5, 5.41) is 10.2. The molecule has 8 heteroatoms. The summed E-state index contributed by atoms with van der Waals surface area (Å²) in [7, 11) is -0.825. The zero-order valence-electron chi connectivity index (χ0n) is 15.1. The summed E-state index contributed by atoms with van der Waals surface area (Å²) in [4.78, 5) is 12.1. The SMILES string of the molecule is CCOC(=O)CC(B1OC(C)(C)C(C)(C)O1)c1cc(Br)cc(F)c1O. The highest BCUT2D eigenvalue weighted by atomic mass is 79.9. The summed E-state index contributed by atoms with van der Waals surface area (Å²) in [5.74, 6) is -2.49. The monoisotopic (exact) mass is 416 g/mol. The van der Waals surface area contributed by atoms with E-state index in [1.807, 2.05) is 27.7 Å². The van der Waals surface area contributed by atoms with Crippen molar-refractivity contribution in [1.29, 1.82) is 0 Å². The maximum Gasteiger partial charge on any atom is 0.466 e. The third kappa shape index (κ3) is 4.18. The quantitative estimate of drug-likeness (QED) is 0.581. The Morgan fingerprint density at radius 2 is 1.88 bits per heavy atom. The molecule has 138 valence electrons. The number of rotatable bonds is 5. The average Bonchev–Trinajstić information content (AvgIpc) is 2.69. The number of hydrogen-bond donors (Lipinski definition) is 1. The van der Waals surface area contributed by atoms with Gasteiger partial charge in [0.15, 0.2) is 11.6 Å². The van der Waals surface area contributed by atoms with Gasteiger partial charge in [-0.3, -0.25) is 4.79 Å². The van der Waals surface area contributed by atoms with E-state index in [1.54, 1.807) is 13.0 Å². The Kier molecular flexibility index (Phi) is 5.86. The predicted octanol–water partition coefficient (Wildman–Crippen LogP) is 3.96. The summed E-state index contributed by atoms with van der Waals surface area (Å²) in [6.07, 6.45) is -0.103. The number of aromatic hydroxyl groups is 1. The predicted molar refractivity (Wildman–Crippen MR) is 95.8 cm³/mol. The summed E-state index contributed by atoms with van der Waals surface area (Å²) >= 11 is 3.22. The highest BCUT2D eigenvalue weighted by Gasteiger charge is 2.54. The lowest BCUT2D eigenvalue weighted by molar-refractivity contribution is -0.143. The van der Waals surface area contributed by atoms with Crippen molar-refractivity contribution in [3.05, 3.63) is 28.0 Å². The van der Waals surface area contributed by atoms with E-state index in [2.05, 4.69) is 15.9 Å². The zero-order valence-corrected chi connectivity index (χ0v) is 16.6. The third-order valence-corrected chi connectivity index (χ3v) is 5.21. The van der Waals surface area contributed by atoms with E-state index in [0.29, 0.717) is 4.47 Å². The van der Waals surface area contributed by atoms with Crippen LogP contribution >= 0.6 is 15.9 Å². The van der Waals surface area contributed by atoms with Crippen LogP contribution in [-0.4, -0.2) is 36.0 Å². The standard InChI is InChI=1S/C17H23BBrFO5/c1-6-23-14(21)9-12(11-7-10(19)8-13(20)15(11)22)18-24-16(2,3)17(4,5)25-18/h7-8,12,22H,6,9H2,1-5H3. The first-order valence-corrected chi connectivity index (χ1v) is 8.97. The van der Waals surface area contributed by atoms with Crippen molar-refractivity contribution in [2.45, 2.75) is 58.1 Å². The molecule has 1 N–H and O–H groups in total. The zero-order chi connectivity index (χ0) is 19.0. The Balaban J connectivity index is 2.43. The summed E-state index contributed by atoms with van der Waals surface area (Å²) in [6.45, 7) is 9.47. The van der Waals surface area contributed by atoms with Crippen molar-refractivity contribution in [2.75, 3.05) is 6.61 Å². The molecule has 1 aliphatic heterocycles. The van der Waals surface area contributed by atoms with Crippen LogP contribution in [-0.2, 0) is 18.8 Å². The molecule has 0 amide bonds. The maximum atomic E-state index is 14.0. The first-order valence-electron chi connectivity index (χ1n) is 8.17. The lowest BCUT2D eigenvalue weighted by Crippen LogP contribution is -2.41. The van der Waals surface area contributed by atoms with Crippen molar-refractivity contribution < 1.29 is 28.3 Å². The van der Waals surface area contributed by atoms with Crippen molar-refractivity contribution in [3.63, 3.8) is 0 Å². The van der Waals surface area contributed by atoms with Gasteiger partial charge in [0.1, 0.15) is 0 Å². The fraction of sp³-hybridized carbons (Fsp3) is 0.588. The van der Waals surface area contributed by atoms with Crippen molar-refractivity contribution in [3.8, 4) is 5.75 Å². The molecule has 2 rings (SSSR count). The van der Waals surface area contributed by atoms with Gasteiger partial charge in [-0.1, -0.05) is 15.9 Å². The minimum Gasteiger partial charge on any atom is -0.505 e. The van der Waals surface area contributed by atoms with Gasteiger partial charge in [0.25, 0.3) is 0 Å². The number of carbonyl (C=O) groups is 1. The number of esters is 1. The van der Waals surface area contributed by atoms with E-state index in [1.165, 1.54) is 0 Å². The Labute approximate surface area is 156 Å². The van der Waals surface area contributed by atoms with E-state index in [-0.39, 0.29) is 18.6 Å². The van der Waals surface area contributed by atoms with E-state index in [0.717, 1.165) is 6.07 Å². The van der Waals surface area contributed by atoms with Gasteiger partial charge in [0.2, 0.25) is 0 Å². The number of benzene rings is 1. The van der Waals surface area contributed by atoms with Gasteiger partial charge >= 0.3 is 13.1 Å². The number of phenolic OH excluding ortho intramolecular Hbond substituents is 1. The highest BCUT2D eigenvalue weighted by molar-refractivity contribution is 9.10. The van der Waals surface area contributed by atoms with Gasteiger partial charge in [-0.2, -0.15) is 0 Å². The second-order valence-electron chi connectivity index (χ2n) is 7.07. The van der Waals surface area contributed by atoms with Crippen molar-refractivity contribution in [1.82, 2.24) is 0 Å². The molecule has 1 aromatic rings. The van der Waals surface area contributed by atoms with Gasteiger partial charge in [-0.15, -0.1) is 0 Å². The second kappa shape index (κ2) is 7.25. The second-order valence-corrected chi connectivity index (χ2v) is 7.98. The van der Waals surface area contributed by atoms with Crippen LogP contribution in [0.15, 0.2) is 16.6 Å². The normalized spacial score (nSPS) is 19.7. The molecule has 0 saturated carbocycles.